The number of rotatable bonds is 5. The molecule has 0 saturated heterocycles. The van der Waals surface area contributed by atoms with Gasteiger partial charge in [0, 0.05) is 6.04 Å². The van der Waals surface area contributed by atoms with E-state index in [1.807, 2.05) is 0 Å². The van der Waals surface area contributed by atoms with Crippen molar-refractivity contribution in [3.63, 3.8) is 0 Å². The molecule has 0 unspecified atom stereocenters. The quantitative estimate of drug-likeness (QED) is 0.762. The van der Waals surface area contributed by atoms with Crippen molar-refractivity contribution in [1.29, 1.82) is 0 Å². The van der Waals surface area contributed by atoms with Gasteiger partial charge in [-0.3, -0.25) is 4.79 Å². The second-order valence-electron chi connectivity index (χ2n) is 5.12. The van der Waals surface area contributed by atoms with Gasteiger partial charge < -0.3 is 10.0 Å². The summed E-state index contributed by atoms with van der Waals surface area (Å²) >= 11 is 0. The van der Waals surface area contributed by atoms with Crippen molar-refractivity contribution in [1.82, 2.24) is 4.90 Å². The maximum Gasteiger partial charge on any atom is 0.309 e. The lowest BCUT2D eigenvalue weighted by Gasteiger charge is -2.28. The number of carboxylic acid groups (broad SMARTS) is 1. The minimum atomic E-state index is -0.586. The van der Waals surface area contributed by atoms with Crippen LogP contribution in [-0.2, 0) is 4.79 Å². The van der Waals surface area contributed by atoms with Gasteiger partial charge in [-0.25, -0.2) is 0 Å². The van der Waals surface area contributed by atoms with Gasteiger partial charge in [0.05, 0.1) is 5.41 Å². The third-order valence-corrected chi connectivity index (χ3v) is 3.84. The Morgan fingerprint density at radius 2 is 1.93 bits per heavy atom. The van der Waals surface area contributed by atoms with Gasteiger partial charge in [-0.05, 0) is 46.7 Å². The Labute approximate surface area is 92.5 Å². The van der Waals surface area contributed by atoms with Crippen LogP contribution in [0.15, 0.2) is 0 Å². The number of nitrogens with zero attached hydrogens (tertiary/aromatic N) is 1. The van der Waals surface area contributed by atoms with Crippen molar-refractivity contribution in [3.05, 3.63) is 0 Å². The molecule has 0 amide bonds. The standard InChI is InChI=1S/C12H23NO2/c1-10(2)13(3)9-8-12(11(14)15)6-4-5-7-12/h10H,4-9H2,1-3H3,(H,14,15). The van der Waals surface area contributed by atoms with Crippen LogP contribution in [0.1, 0.15) is 46.0 Å². The maximum absolute atomic E-state index is 11.3. The number of aliphatic carboxylic acids is 1. The van der Waals surface area contributed by atoms with Crippen molar-refractivity contribution in [2.24, 2.45) is 5.41 Å². The van der Waals surface area contributed by atoms with Crippen molar-refractivity contribution in [2.75, 3.05) is 13.6 Å². The molecular weight excluding hydrogens is 190 g/mol. The predicted molar refractivity (Wildman–Crippen MR) is 60.9 cm³/mol. The molecule has 3 heteroatoms. The van der Waals surface area contributed by atoms with E-state index >= 15 is 0 Å². The highest BCUT2D eigenvalue weighted by molar-refractivity contribution is 5.74. The molecule has 15 heavy (non-hydrogen) atoms. The Hall–Kier alpha value is -0.570. The van der Waals surface area contributed by atoms with Crippen LogP contribution in [0.25, 0.3) is 0 Å². The van der Waals surface area contributed by atoms with E-state index in [1.165, 1.54) is 0 Å². The van der Waals surface area contributed by atoms with E-state index in [9.17, 15) is 9.90 Å². The molecule has 1 aliphatic rings. The Bertz CT molecular complexity index is 220. The molecular formula is C12H23NO2. The second kappa shape index (κ2) is 4.97. The number of hydrogen-bond acceptors (Lipinski definition) is 2. The first kappa shape index (κ1) is 12.5. The van der Waals surface area contributed by atoms with Crippen LogP contribution in [0, 0.1) is 5.41 Å². The number of carbonyl (C=O) groups is 1. The molecule has 1 fully saturated rings. The third kappa shape index (κ3) is 2.94. The van der Waals surface area contributed by atoms with Gasteiger partial charge in [0.1, 0.15) is 0 Å². The minimum absolute atomic E-state index is 0.414. The first-order valence-electron chi connectivity index (χ1n) is 5.91. The van der Waals surface area contributed by atoms with E-state index in [2.05, 4.69) is 25.8 Å². The molecule has 0 aromatic carbocycles. The lowest BCUT2D eigenvalue weighted by atomic mass is 9.82. The molecule has 0 spiro atoms. The molecule has 1 N–H and O–H groups in total. The third-order valence-electron chi connectivity index (χ3n) is 3.84. The van der Waals surface area contributed by atoms with Crippen LogP contribution in [0.4, 0.5) is 0 Å². The van der Waals surface area contributed by atoms with E-state index in [0.29, 0.717) is 6.04 Å². The summed E-state index contributed by atoms with van der Waals surface area (Å²) in [4.78, 5) is 13.5. The summed E-state index contributed by atoms with van der Waals surface area (Å²) in [6, 6.07) is 0.497. The molecule has 88 valence electrons. The van der Waals surface area contributed by atoms with Gasteiger partial charge in [-0.2, -0.15) is 0 Å². The molecule has 1 aliphatic carbocycles. The van der Waals surface area contributed by atoms with Gasteiger partial charge in [0.25, 0.3) is 0 Å². The van der Waals surface area contributed by atoms with Gasteiger partial charge in [-0.15, -0.1) is 0 Å². The molecule has 0 bridgehead atoms. The fourth-order valence-electron chi connectivity index (χ4n) is 2.27. The summed E-state index contributed by atoms with van der Waals surface area (Å²) < 4.78 is 0. The molecule has 0 atom stereocenters. The van der Waals surface area contributed by atoms with Crippen LogP contribution in [-0.4, -0.2) is 35.6 Å². The highest BCUT2D eigenvalue weighted by Crippen LogP contribution is 2.41. The monoisotopic (exact) mass is 213 g/mol. The molecule has 0 aromatic heterocycles. The first-order chi connectivity index (χ1) is 6.98. The van der Waals surface area contributed by atoms with Crippen LogP contribution in [0.3, 0.4) is 0 Å². The van der Waals surface area contributed by atoms with E-state index in [0.717, 1.165) is 38.6 Å². The van der Waals surface area contributed by atoms with Crippen LogP contribution in [0.2, 0.25) is 0 Å². The average Bonchev–Trinajstić information content (AvgIpc) is 2.63. The predicted octanol–water partition coefficient (Wildman–Crippen LogP) is 2.36. The van der Waals surface area contributed by atoms with E-state index in [4.69, 9.17) is 0 Å². The van der Waals surface area contributed by atoms with Crippen molar-refractivity contribution in [2.45, 2.75) is 52.0 Å². The van der Waals surface area contributed by atoms with Gasteiger partial charge >= 0.3 is 5.97 Å². The minimum Gasteiger partial charge on any atom is -0.481 e. The zero-order valence-corrected chi connectivity index (χ0v) is 10.1. The van der Waals surface area contributed by atoms with Gasteiger partial charge in [0.15, 0.2) is 0 Å². The topological polar surface area (TPSA) is 40.5 Å². The van der Waals surface area contributed by atoms with Crippen LogP contribution in [0.5, 0.6) is 0 Å². The van der Waals surface area contributed by atoms with Crippen molar-refractivity contribution in [3.8, 4) is 0 Å². The zero-order chi connectivity index (χ0) is 11.5. The zero-order valence-electron chi connectivity index (χ0n) is 10.1. The number of carboxylic acids is 1. The lowest BCUT2D eigenvalue weighted by Crippen LogP contribution is -2.35. The summed E-state index contributed by atoms with van der Waals surface area (Å²) in [5, 5.41) is 9.30. The summed E-state index contributed by atoms with van der Waals surface area (Å²) in [7, 11) is 2.06. The Morgan fingerprint density at radius 1 is 1.40 bits per heavy atom. The summed E-state index contributed by atoms with van der Waals surface area (Å²) in [5.74, 6) is -0.586. The van der Waals surface area contributed by atoms with E-state index in [1.54, 1.807) is 0 Å². The highest BCUT2D eigenvalue weighted by Gasteiger charge is 2.40. The Kier molecular flexibility index (Phi) is 4.14. The second-order valence-corrected chi connectivity index (χ2v) is 5.12. The first-order valence-corrected chi connectivity index (χ1v) is 5.91. The SMILES string of the molecule is CC(C)N(C)CCC1(C(=O)O)CCCC1. The molecule has 0 aliphatic heterocycles. The molecule has 0 heterocycles. The van der Waals surface area contributed by atoms with Gasteiger partial charge in [-0.1, -0.05) is 12.8 Å². The normalized spacial score (nSPS) is 20.1. The fourth-order valence-corrected chi connectivity index (χ4v) is 2.27. The molecule has 1 rings (SSSR count). The van der Waals surface area contributed by atoms with Crippen molar-refractivity contribution < 1.29 is 9.90 Å². The van der Waals surface area contributed by atoms with Gasteiger partial charge in [0.2, 0.25) is 0 Å². The van der Waals surface area contributed by atoms with Crippen molar-refractivity contribution >= 4 is 5.97 Å². The van der Waals surface area contributed by atoms with Crippen LogP contribution >= 0.6 is 0 Å². The summed E-state index contributed by atoms with van der Waals surface area (Å²) in [6.45, 7) is 5.17. The number of hydrogen-bond donors (Lipinski definition) is 1. The molecule has 3 nitrogen and oxygen atoms in total. The summed E-state index contributed by atoms with van der Waals surface area (Å²) in [6.07, 6.45) is 4.70. The molecule has 0 aromatic rings. The lowest BCUT2D eigenvalue weighted by molar-refractivity contribution is -0.149. The molecule has 0 radical (unpaired) electrons. The molecule has 1 saturated carbocycles. The maximum atomic E-state index is 11.3. The summed E-state index contributed by atoms with van der Waals surface area (Å²) in [5.41, 5.74) is -0.414. The van der Waals surface area contributed by atoms with E-state index < -0.39 is 11.4 Å². The van der Waals surface area contributed by atoms with E-state index in [-0.39, 0.29) is 0 Å². The average molecular weight is 213 g/mol. The largest absolute Gasteiger partial charge is 0.481 e. The Morgan fingerprint density at radius 3 is 2.33 bits per heavy atom. The fraction of sp³-hybridized carbons (Fsp3) is 0.917. The highest BCUT2D eigenvalue weighted by atomic mass is 16.4. The van der Waals surface area contributed by atoms with Crippen LogP contribution < -0.4 is 0 Å². The Balaban J connectivity index is 2.50. The smallest absolute Gasteiger partial charge is 0.309 e.